The van der Waals surface area contributed by atoms with E-state index in [9.17, 15) is 18.3 Å². The molecule has 1 fully saturated rings. The van der Waals surface area contributed by atoms with Crippen molar-refractivity contribution in [3.05, 3.63) is 18.0 Å². The number of alkyl halides is 3. The molecule has 0 bridgehead atoms. The number of nitrogens with zero attached hydrogens (tertiary/aromatic N) is 3. The minimum absolute atomic E-state index is 0.0450. The predicted molar refractivity (Wildman–Crippen MR) is 59.1 cm³/mol. The van der Waals surface area contributed by atoms with E-state index >= 15 is 0 Å². The van der Waals surface area contributed by atoms with Crippen LogP contribution < -0.4 is 4.90 Å². The first-order valence-corrected chi connectivity index (χ1v) is 5.80. The zero-order chi connectivity index (χ0) is 13.2. The molecule has 0 aliphatic carbocycles. The Morgan fingerprint density at radius 3 is 2.83 bits per heavy atom. The third-order valence-corrected chi connectivity index (χ3v) is 3.03. The van der Waals surface area contributed by atoms with Gasteiger partial charge in [0.05, 0.1) is 12.6 Å². The second-order valence-electron chi connectivity index (χ2n) is 4.27. The standard InChI is InChI=1S/C11H14F3N3O/c12-11(13,14)9-4-5-15-10(16-9)17-6-2-1-3-8(17)7-18/h4-5,8,18H,1-3,6-7H2. The van der Waals surface area contributed by atoms with Gasteiger partial charge in [0.15, 0.2) is 0 Å². The maximum atomic E-state index is 12.6. The molecule has 1 atom stereocenters. The van der Waals surface area contributed by atoms with Gasteiger partial charge in [0, 0.05) is 12.7 Å². The van der Waals surface area contributed by atoms with E-state index in [0.717, 1.165) is 31.5 Å². The van der Waals surface area contributed by atoms with Crippen LogP contribution in [0, 0.1) is 0 Å². The number of aromatic nitrogens is 2. The Labute approximate surface area is 102 Å². The summed E-state index contributed by atoms with van der Waals surface area (Å²) in [5, 5.41) is 9.23. The van der Waals surface area contributed by atoms with E-state index in [4.69, 9.17) is 0 Å². The summed E-state index contributed by atoms with van der Waals surface area (Å²) in [4.78, 5) is 9.07. The minimum Gasteiger partial charge on any atom is -0.394 e. The number of anilines is 1. The lowest BCUT2D eigenvalue weighted by Gasteiger charge is -2.34. The molecule has 0 saturated carbocycles. The SMILES string of the molecule is OCC1CCCCN1c1nccc(C(F)(F)F)n1. The van der Waals surface area contributed by atoms with Gasteiger partial charge >= 0.3 is 6.18 Å². The fourth-order valence-corrected chi connectivity index (χ4v) is 2.10. The number of rotatable bonds is 2. The summed E-state index contributed by atoms with van der Waals surface area (Å²) < 4.78 is 37.7. The molecule has 0 aromatic carbocycles. The van der Waals surface area contributed by atoms with E-state index in [2.05, 4.69) is 9.97 Å². The topological polar surface area (TPSA) is 49.2 Å². The van der Waals surface area contributed by atoms with Gasteiger partial charge < -0.3 is 10.0 Å². The zero-order valence-corrected chi connectivity index (χ0v) is 9.69. The molecule has 0 radical (unpaired) electrons. The van der Waals surface area contributed by atoms with E-state index in [1.165, 1.54) is 0 Å². The highest BCUT2D eigenvalue weighted by Gasteiger charge is 2.34. The molecule has 0 amide bonds. The molecule has 1 aliphatic rings. The monoisotopic (exact) mass is 261 g/mol. The van der Waals surface area contributed by atoms with Crippen LogP contribution in [0.25, 0.3) is 0 Å². The van der Waals surface area contributed by atoms with Crippen molar-refractivity contribution in [2.45, 2.75) is 31.5 Å². The maximum Gasteiger partial charge on any atom is 0.433 e. The highest BCUT2D eigenvalue weighted by Crippen LogP contribution is 2.29. The summed E-state index contributed by atoms with van der Waals surface area (Å²) >= 11 is 0. The second-order valence-corrected chi connectivity index (χ2v) is 4.27. The molecular formula is C11H14F3N3O. The van der Waals surface area contributed by atoms with Crippen LogP contribution in [0.1, 0.15) is 25.0 Å². The van der Waals surface area contributed by atoms with E-state index in [1.807, 2.05) is 0 Å². The molecule has 1 aromatic rings. The molecular weight excluding hydrogens is 247 g/mol. The fraction of sp³-hybridized carbons (Fsp3) is 0.636. The highest BCUT2D eigenvalue weighted by atomic mass is 19.4. The van der Waals surface area contributed by atoms with Crippen molar-refractivity contribution < 1.29 is 18.3 Å². The normalized spacial score (nSPS) is 21.1. The molecule has 100 valence electrons. The third kappa shape index (κ3) is 2.72. The van der Waals surface area contributed by atoms with Gasteiger partial charge in [-0.2, -0.15) is 13.2 Å². The summed E-state index contributed by atoms with van der Waals surface area (Å²) in [6, 6.07) is 0.656. The molecule has 1 aromatic heterocycles. The molecule has 4 nitrogen and oxygen atoms in total. The van der Waals surface area contributed by atoms with Crippen LogP contribution in [0.2, 0.25) is 0 Å². The Balaban J connectivity index is 2.27. The lowest BCUT2D eigenvalue weighted by atomic mass is 10.0. The van der Waals surface area contributed by atoms with Crippen molar-refractivity contribution in [2.24, 2.45) is 0 Å². The first-order valence-electron chi connectivity index (χ1n) is 5.80. The van der Waals surface area contributed by atoms with Crippen molar-refractivity contribution >= 4 is 5.95 Å². The van der Waals surface area contributed by atoms with Gasteiger partial charge in [-0.1, -0.05) is 0 Å². The smallest absolute Gasteiger partial charge is 0.394 e. The number of aliphatic hydroxyl groups excluding tert-OH is 1. The second kappa shape index (κ2) is 5.09. The first-order chi connectivity index (χ1) is 8.52. The minimum atomic E-state index is -4.47. The van der Waals surface area contributed by atoms with E-state index < -0.39 is 11.9 Å². The van der Waals surface area contributed by atoms with Crippen molar-refractivity contribution in [3.8, 4) is 0 Å². The molecule has 2 rings (SSSR count). The summed E-state index contributed by atoms with van der Waals surface area (Å²) in [6.07, 6.45) is -0.788. The highest BCUT2D eigenvalue weighted by molar-refractivity contribution is 5.33. The summed E-state index contributed by atoms with van der Waals surface area (Å²) in [5.41, 5.74) is -0.949. The Kier molecular flexibility index (Phi) is 3.70. The van der Waals surface area contributed by atoms with Gasteiger partial charge in [-0.3, -0.25) is 0 Å². The number of piperidine rings is 1. The van der Waals surface area contributed by atoms with E-state index in [1.54, 1.807) is 4.90 Å². The maximum absolute atomic E-state index is 12.6. The number of hydrogen-bond acceptors (Lipinski definition) is 4. The van der Waals surface area contributed by atoms with E-state index in [0.29, 0.717) is 6.54 Å². The Morgan fingerprint density at radius 1 is 1.39 bits per heavy atom. The molecule has 18 heavy (non-hydrogen) atoms. The summed E-state index contributed by atoms with van der Waals surface area (Å²) in [5.74, 6) is 0.0450. The van der Waals surface area contributed by atoms with Crippen molar-refractivity contribution in [1.82, 2.24) is 9.97 Å². The lowest BCUT2D eigenvalue weighted by Crippen LogP contribution is -2.43. The van der Waals surface area contributed by atoms with Crippen LogP contribution in [-0.2, 0) is 6.18 Å². The van der Waals surface area contributed by atoms with Crippen molar-refractivity contribution in [2.75, 3.05) is 18.1 Å². The molecule has 1 aliphatic heterocycles. The average Bonchev–Trinajstić information content (AvgIpc) is 2.38. The Morgan fingerprint density at radius 2 is 2.17 bits per heavy atom. The molecule has 1 saturated heterocycles. The van der Waals surface area contributed by atoms with Crippen LogP contribution in [0.5, 0.6) is 0 Å². The van der Waals surface area contributed by atoms with Gasteiger partial charge in [0.2, 0.25) is 5.95 Å². The van der Waals surface area contributed by atoms with E-state index in [-0.39, 0.29) is 18.6 Å². The van der Waals surface area contributed by atoms with Crippen LogP contribution in [0.3, 0.4) is 0 Å². The van der Waals surface area contributed by atoms with Crippen molar-refractivity contribution in [3.63, 3.8) is 0 Å². The van der Waals surface area contributed by atoms with Gasteiger partial charge in [0.1, 0.15) is 5.69 Å². The summed E-state index contributed by atoms with van der Waals surface area (Å²) in [7, 11) is 0. The lowest BCUT2D eigenvalue weighted by molar-refractivity contribution is -0.141. The molecule has 2 heterocycles. The summed E-state index contributed by atoms with van der Waals surface area (Å²) in [6.45, 7) is 0.478. The van der Waals surface area contributed by atoms with Crippen LogP contribution in [0.4, 0.5) is 19.1 Å². The van der Waals surface area contributed by atoms with Gasteiger partial charge in [-0.05, 0) is 25.3 Å². The molecule has 0 spiro atoms. The first kappa shape index (κ1) is 13.1. The largest absolute Gasteiger partial charge is 0.433 e. The van der Waals surface area contributed by atoms with Crippen LogP contribution in [-0.4, -0.2) is 34.3 Å². The van der Waals surface area contributed by atoms with Gasteiger partial charge in [0.25, 0.3) is 0 Å². The van der Waals surface area contributed by atoms with Crippen LogP contribution in [0.15, 0.2) is 12.3 Å². The quantitative estimate of drug-likeness (QED) is 0.882. The van der Waals surface area contributed by atoms with Gasteiger partial charge in [-0.25, -0.2) is 9.97 Å². The third-order valence-electron chi connectivity index (χ3n) is 3.03. The number of halogens is 3. The average molecular weight is 261 g/mol. The van der Waals surface area contributed by atoms with Gasteiger partial charge in [-0.15, -0.1) is 0 Å². The van der Waals surface area contributed by atoms with Crippen molar-refractivity contribution in [1.29, 1.82) is 0 Å². The predicted octanol–water partition coefficient (Wildman–Crippen LogP) is 1.85. The zero-order valence-electron chi connectivity index (χ0n) is 9.69. The fourth-order valence-electron chi connectivity index (χ4n) is 2.10. The van der Waals surface area contributed by atoms with Crippen LogP contribution >= 0.6 is 0 Å². The molecule has 1 N–H and O–H groups in total. The molecule has 7 heteroatoms. The Bertz CT molecular complexity index is 411. The molecule has 1 unspecified atom stereocenters. The number of hydrogen-bond donors (Lipinski definition) is 1. The Hall–Kier alpha value is -1.37. The number of aliphatic hydroxyl groups is 1.